The molecule has 2 N–H and O–H groups in total. The fraction of sp³-hybridized carbons (Fsp3) is 0.542. The summed E-state index contributed by atoms with van der Waals surface area (Å²) >= 11 is 0. The average Bonchev–Trinajstić information content (AvgIpc) is 2.83. The fourth-order valence-electron chi connectivity index (χ4n) is 3.98. The Morgan fingerprint density at radius 2 is 2.23 bits per heavy atom. The number of nitrogens with one attached hydrogen (secondary N) is 2. The highest BCUT2D eigenvalue weighted by atomic mass is 16.5. The Kier molecular flexibility index (Phi) is 8.79. The van der Waals surface area contributed by atoms with Crippen molar-refractivity contribution in [3.05, 3.63) is 48.4 Å². The van der Waals surface area contributed by atoms with Crippen LogP contribution in [0.5, 0.6) is 0 Å². The summed E-state index contributed by atoms with van der Waals surface area (Å²) in [6, 6.07) is 0. The van der Waals surface area contributed by atoms with Crippen molar-refractivity contribution in [1.82, 2.24) is 15.5 Å². The Hall–Kier alpha value is -2.51. The van der Waals surface area contributed by atoms with E-state index in [1.165, 1.54) is 12.8 Å². The molecule has 3 rings (SSSR count). The molecule has 168 valence electrons. The molecule has 0 aromatic heterocycles. The van der Waals surface area contributed by atoms with E-state index in [-0.39, 0.29) is 0 Å². The van der Waals surface area contributed by atoms with Gasteiger partial charge in [0.1, 0.15) is 5.71 Å². The van der Waals surface area contributed by atoms with Crippen molar-refractivity contribution in [3.63, 3.8) is 0 Å². The normalized spacial score (nSPS) is 25.3. The number of aliphatic imine (C=N–C) groups is 3. The van der Waals surface area contributed by atoms with Crippen LogP contribution in [-0.2, 0) is 4.74 Å². The highest BCUT2D eigenvalue weighted by Gasteiger charge is 2.23. The van der Waals surface area contributed by atoms with Crippen LogP contribution < -0.4 is 10.6 Å². The van der Waals surface area contributed by atoms with Crippen molar-refractivity contribution in [3.8, 4) is 0 Å². The van der Waals surface area contributed by atoms with E-state index in [9.17, 15) is 0 Å². The van der Waals surface area contributed by atoms with Crippen LogP contribution in [0.25, 0.3) is 0 Å². The Balaban J connectivity index is 1.84. The molecule has 31 heavy (non-hydrogen) atoms. The molecule has 2 fully saturated rings. The molecule has 0 aliphatic carbocycles. The summed E-state index contributed by atoms with van der Waals surface area (Å²) in [6.07, 6.45) is 8.31. The molecule has 7 nitrogen and oxygen atoms in total. The molecule has 3 aliphatic rings. The summed E-state index contributed by atoms with van der Waals surface area (Å²) < 4.78 is 5.45. The quantitative estimate of drug-likeness (QED) is 0.616. The second-order valence-electron chi connectivity index (χ2n) is 7.91. The monoisotopic (exact) mass is 424 g/mol. The van der Waals surface area contributed by atoms with Crippen molar-refractivity contribution < 1.29 is 4.74 Å². The van der Waals surface area contributed by atoms with Crippen LogP contribution in [0, 0.1) is 5.92 Å². The molecule has 7 heteroatoms. The van der Waals surface area contributed by atoms with Gasteiger partial charge in [0.2, 0.25) is 0 Å². The standard InChI is InChI=1S/C24H36N6O/c1-5-20(14-18(3)30-10-12-31-13-11-30)21-15-22(25-4)23(27-6-2)24(29-21)28-17-19-8-7-9-26-16-19/h5,14-15,19,26H,1,3,6-13,16-17H2,2,4H3,(H,28,29)/b20-14+,25-22-,27-23+. The molecule has 0 spiro atoms. The SMILES string of the molecule is C=C/C(=C\C(=C)N1CCOCC1)C1=CC(=N/C)/C(=N\CC)C(NCC2CCCNC2)=N1. The molecular weight excluding hydrogens is 388 g/mol. The molecule has 2 saturated heterocycles. The number of amidine groups is 1. The first-order chi connectivity index (χ1) is 15.2. The van der Waals surface area contributed by atoms with E-state index in [0.29, 0.717) is 12.5 Å². The van der Waals surface area contributed by atoms with Gasteiger partial charge in [0.25, 0.3) is 0 Å². The van der Waals surface area contributed by atoms with Gasteiger partial charge in [0.05, 0.1) is 24.6 Å². The Bertz CT molecular complexity index is 808. The van der Waals surface area contributed by atoms with Crippen LogP contribution in [0.15, 0.2) is 63.3 Å². The lowest BCUT2D eigenvalue weighted by atomic mass is 9.99. The topological polar surface area (TPSA) is 73.6 Å². The van der Waals surface area contributed by atoms with Crippen LogP contribution in [0.2, 0.25) is 0 Å². The van der Waals surface area contributed by atoms with Gasteiger partial charge in [-0.3, -0.25) is 9.98 Å². The molecule has 0 aromatic carbocycles. The maximum absolute atomic E-state index is 5.45. The molecule has 3 heterocycles. The Labute approximate surface area is 186 Å². The molecule has 1 unspecified atom stereocenters. The lowest BCUT2D eigenvalue weighted by Gasteiger charge is -2.29. The number of allylic oxidation sites excluding steroid dienone is 3. The zero-order valence-corrected chi connectivity index (χ0v) is 19.0. The number of nitrogens with zero attached hydrogens (tertiary/aromatic N) is 4. The first kappa shape index (κ1) is 23.2. The highest BCUT2D eigenvalue weighted by molar-refractivity contribution is 6.71. The van der Waals surface area contributed by atoms with Crippen molar-refractivity contribution in [2.24, 2.45) is 20.9 Å². The fourth-order valence-corrected chi connectivity index (χ4v) is 3.98. The predicted octanol–water partition coefficient (Wildman–Crippen LogP) is 2.36. The third kappa shape index (κ3) is 6.24. The van der Waals surface area contributed by atoms with E-state index in [1.807, 2.05) is 25.2 Å². The molecule has 0 aromatic rings. The molecule has 0 saturated carbocycles. The Morgan fingerprint density at radius 3 is 2.87 bits per heavy atom. The average molecular weight is 425 g/mol. The second kappa shape index (κ2) is 11.8. The minimum absolute atomic E-state index is 0.589. The van der Waals surface area contributed by atoms with Crippen LogP contribution in [0.4, 0.5) is 0 Å². The number of piperidine rings is 1. The largest absolute Gasteiger partial charge is 0.378 e. The van der Waals surface area contributed by atoms with Gasteiger partial charge in [-0.1, -0.05) is 19.2 Å². The lowest BCUT2D eigenvalue weighted by Crippen LogP contribution is -2.43. The lowest BCUT2D eigenvalue weighted by molar-refractivity contribution is 0.0556. The van der Waals surface area contributed by atoms with Gasteiger partial charge in [-0.05, 0) is 50.9 Å². The summed E-state index contributed by atoms with van der Waals surface area (Å²) in [5.74, 6) is 1.38. The van der Waals surface area contributed by atoms with Gasteiger partial charge in [-0.2, -0.15) is 0 Å². The number of morpholine rings is 1. The number of hydrogen-bond donors (Lipinski definition) is 2. The number of rotatable bonds is 7. The maximum atomic E-state index is 5.45. The van der Waals surface area contributed by atoms with Crippen LogP contribution >= 0.6 is 0 Å². The molecular formula is C24H36N6O. The van der Waals surface area contributed by atoms with Crippen LogP contribution in [-0.4, -0.2) is 81.7 Å². The van der Waals surface area contributed by atoms with E-state index in [4.69, 9.17) is 9.73 Å². The van der Waals surface area contributed by atoms with E-state index in [1.54, 1.807) is 7.05 Å². The van der Waals surface area contributed by atoms with E-state index in [0.717, 1.165) is 80.2 Å². The van der Waals surface area contributed by atoms with Gasteiger partial charge in [0.15, 0.2) is 5.84 Å². The smallest absolute Gasteiger partial charge is 0.154 e. The third-order valence-corrected chi connectivity index (χ3v) is 5.74. The van der Waals surface area contributed by atoms with Crippen molar-refractivity contribution in [2.75, 3.05) is 59.5 Å². The van der Waals surface area contributed by atoms with Crippen molar-refractivity contribution >= 4 is 17.3 Å². The van der Waals surface area contributed by atoms with Crippen LogP contribution in [0.3, 0.4) is 0 Å². The summed E-state index contributed by atoms with van der Waals surface area (Å²) in [5, 5.41) is 7.04. The third-order valence-electron chi connectivity index (χ3n) is 5.74. The summed E-state index contributed by atoms with van der Waals surface area (Å²) in [5.41, 5.74) is 4.35. The summed E-state index contributed by atoms with van der Waals surface area (Å²) in [4.78, 5) is 16.4. The van der Waals surface area contributed by atoms with Gasteiger partial charge in [-0.15, -0.1) is 0 Å². The van der Waals surface area contributed by atoms with E-state index >= 15 is 0 Å². The summed E-state index contributed by atoms with van der Waals surface area (Å²) in [7, 11) is 1.80. The van der Waals surface area contributed by atoms with E-state index in [2.05, 4.69) is 38.7 Å². The molecule has 3 aliphatic heterocycles. The first-order valence-corrected chi connectivity index (χ1v) is 11.3. The second-order valence-corrected chi connectivity index (χ2v) is 7.91. The minimum atomic E-state index is 0.589. The molecule has 0 radical (unpaired) electrons. The zero-order valence-electron chi connectivity index (χ0n) is 19.0. The van der Waals surface area contributed by atoms with Gasteiger partial charge in [-0.25, -0.2) is 4.99 Å². The van der Waals surface area contributed by atoms with Gasteiger partial charge < -0.3 is 20.3 Å². The highest BCUT2D eigenvalue weighted by Crippen LogP contribution is 2.21. The minimum Gasteiger partial charge on any atom is -0.378 e. The molecule has 1 atom stereocenters. The van der Waals surface area contributed by atoms with Crippen molar-refractivity contribution in [2.45, 2.75) is 19.8 Å². The number of ether oxygens (including phenoxy) is 1. The zero-order chi connectivity index (χ0) is 22.1. The van der Waals surface area contributed by atoms with Crippen LogP contribution in [0.1, 0.15) is 19.8 Å². The predicted molar refractivity (Wildman–Crippen MR) is 130 cm³/mol. The number of hydrogen-bond acceptors (Lipinski definition) is 7. The molecule has 0 amide bonds. The van der Waals surface area contributed by atoms with Crippen molar-refractivity contribution in [1.29, 1.82) is 0 Å². The summed E-state index contributed by atoms with van der Waals surface area (Å²) in [6.45, 7) is 17.2. The van der Waals surface area contributed by atoms with E-state index < -0.39 is 0 Å². The molecule has 0 bridgehead atoms. The van der Waals surface area contributed by atoms with Gasteiger partial charge >= 0.3 is 0 Å². The first-order valence-electron chi connectivity index (χ1n) is 11.3. The van der Waals surface area contributed by atoms with Gasteiger partial charge in [0, 0.05) is 44.5 Å². The maximum Gasteiger partial charge on any atom is 0.154 e. The Morgan fingerprint density at radius 1 is 1.42 bits per heavy atom.